The zero-order valence-electron chi connectivity index (χ0n) is 7.47. The molecule has 0 bridgehead atoms. The summed E-state index contributed by atoms with van der Waals surface area (Å²) in [5, 5.41) is 0. The second-order valence-electron chi connectivity index (χ2n) is 3.10. The van der Waals surface area contributed by atoms with Gasteiger partial charge in [0.2, 0.25) is 0 Å². The normalized spacial score (nSPS) is 10.3. The van der Waals surface area contributed by atoms with Crippen molar-refractivity contribution in [2.75, 3.05) is 0 Å². The third kappa shape index (κ3) is 1.55. The molecule has 1 aromatic carbocycles. The summed E-state index contributed by atoms with van der Waals surface area (Å²) in [5.41, 5.74) is 1.65. The minimum atomic E-state index is -0.137. The van der Waals surface area contributed by atoms with Crippen LogP contribution in [0.4, 0.5) is 4.39 Å². The van der Waals surface area contributed by atoms with Crippen LogP contribution in [0.5, 0.6) is 0 Å². The summed E-state index contributed by atoms with van der Waals surface area (Å²) in [6.07, 6.45) is 1.69. The van der Waals surface area contributed by atoms with E-state index in [0.29, 0.717) is 0 Å². The molecule has 0 saturated carbocycles. The van der Waals surface area contributed by atoms with E-state index in [0.717, 1.165) is 11.1 Å². The van der Waals surface area contributed by atoms with Crippen LogP contribution in [0.2, 0.25) is 0 Å². The number of halogens is 1. The van der Waals surface area contributed by atoms with Gasteiger partial charge in [0.15, 0.2) is 0 Å². The molecule has 0 unspecified atom stereocenters. The Balaban J connectivity index is 3.29. The molecule has 0 N–H and O–H groups in total. The first-order valence-corrected chi connectivity index (χ1v) is 4.07. The molecule has 0 nitrogen and oxygen atoms in total. The molecular formula is C11H13F. The maximum atomic E-state index is 13.2. The van der Waals surface area contributed by atoms with Gasteiger partial charge in [0.25, 0.3) is 0 Å². The summed E-state index contributed by atoms with van der Waals surface area (Å²) in [7, 11) is 0. The van der Waals surface area contributed by atoms with E-state index in [1.807, 2.05) is 19.9 Å². The first kappa shape index (κ1) is 8.98. The van der Waals surface area contributed by atoms with Gasteiger partial charge in [-0.1, -0.05) is 38.6 Å². The predicted molar refractivity (Wildman–Crippen MR) is 50.6 cm³/mol. The van der Waals surface area contributed by atoms with E-state index in [1.165, 1.54) is 6.07 Å². The molecule has 0 radical (unpaired) electrons. The molecule has 1 heteroatoms. The van der Waals surface area contributed by atoms with Gasteiger partial charge in [0, 0.05) is 0 Å². The van der Waals surface area contributed by atoms with Crippen molar-refractivity contribution in [3.63, 3.8) is 0 Å². The van der Waals surface area contributed by atoms with Gasteiger partial charge >= 0.3 is 0 Å². The molecule has 0 aliphatic carbocycles. The van der Waals surface area contributed by atoms with Crippen LogP contribution >= 0.6 is 0 Å². The Bertz CT molecular complexity index is 287. The molecule has 0 saturated heterocycles. The number of hydrogen-bond acceptors (Lipinski definition) is 0. The Hall–Kier alpha value is -1.11. The molecular weight excluding hydrogens is 151 g/mol. The van der Waals surface area contributed by atoms with Gasteiger partial charge in [0.1, 0.15) is 5.82 Å². The van der Waals surface area contributed by atoms with E-state index in [2.05, 4.69) is 6.58 Å². The summed E-state index contributed by atoms with van der Waals surface area (Å²) in [5.74, 6) is 0.0709. The van der Waals surface area contributed by atoms with Crippen molar-refractivity contribution in [2.24, 2.45) is 0 Å². The lowest BCUT2D eigenvalue weighted by Gasteiger charge is -2.10. The lowest BCUT2D eigenvalue weighted by Crippen LogP contribution is -1.95. The van der Waals surface area contributed by atoms with Crippen molar-refractivity contribution < 1.29 is 4.39 Å². The molecule has 0 atom stereocenters. The first-order chi connectivity index (χ1) is 5.66. The van der Waals surface area contributed by atoms with Gasteiger partial charge in [-0.3, -0.25) is 0 Å². The fraction of sp³-hybridized carbons (Fsp3) is 0.273. The Kier molecular flexibility index (Phi) is 2.64. The van der Waals surface area contributed by atoms with Crippen LogP contribution < -0.4 is 0 Å². The van der Waals surface area contributed by atoms with Gasteiger partial charge < -0.3 is 0 Å². The summed E-state index contributed by atoms with van der Waals surface area (Å²) in [4.78, 5) is 0. The van der Waals surface area contributed by atoms with Crippen LogP contribution in [-0.2, 0) is 0 Å². The highest BCUT2D eigenvalue weighted by atomic mass is 19.1. The Labute approximate surface area is 72.7 Å². The van der Waals surface area contributed by atoms with Crippen molar-refractivity contribution in [3.05, 3.63) is 41.7 Å². The minimum absolute atomic E-state index is 0.137. The summed E-state index contributed by atoms with van der Waals surface area (Å²) in [6, 6.07) is 5.08. The molecule has 0 fully saturated rings. The van der Waals surface area contributed by atoms with Gasteiger partial charge in [-0.05, 0) is 23.1 Å². The van der Waals surface area contributed by atoms with Gasteiger partial charge in [-0.2, -0.15) is 0 Å². The fourth-order valence-electron chi connectivity index (χ4n) is 1.34. The Morgan fingerprint density at radius 3 is 2.50 bits per heavy atom. The predicted octanol–water partition coefficient (Wildman–Crippen LogP) is 3.59. The zero-order chi connectivity index (χ0) is 9.14. The number of benzene rings is 1. The molecule has 0 amide bonds. The van der Waals surface area contributed by atoms with E-state index < -0.39 is 0 Å². The van der Waals surface area contributed by atoms with Crippen LogP contribution in [0.1, 0.15) is 30.9 Å². The van der Waals surface area contributed by atoms with E-state index >= 15 is 0 Å². The standard InChI is InChI=1S/C11H13F/c1-4-9-6-5-7-10(12)11(9)8(2)3/h4-8H,1H2,2-3H3. The van der Waals surface area contributed by atoms with E-state index in [1.54, 1.807) is 12.1 Å². The van der Waals surface area contributed by atoms with Crippen molar-refractivity contribution in [1.29, 1.82) is 0 Å². The monoisotopic (exact) mass is 164 g/mol. The third-order valence-corrected chi connectivity index (χ3v) is 1.88. The highest BCUT2D eigenvalue weighted by molar-refractivity contribution is 5.53. The highest BCUT2D eigenvalue weighted by Gasteiger charge is 2.08. The molecule has 1 rings (SSSR count). The lowest BCUT2D eigenvalue weighted by atomic mass is 9.97. The van der Waals surface area contributed by atoms with Crippen molar-refractivity contribution in [2.45, 2.75) is 19.8 Å². The van der Waals surface area contributed by atoms with Crippen LogP contribution in [0.15, 0.2) is 24.8 Å². The minimum Gasteiger partial charge on any atom is -0.207 e. The van der Waals surface area contributed by atoms with Gasteiger partial charge in [-0.15, -0.1) is 0 Å². The van der Waals surface area contributed by atoms with E-state index in [4.69, 9.17) is 0 Å². The molecule has 0 spiro atoms. The average Bonchev–Trinajstić information content (AvgIpc) is 2.03. The van der Waals surface area contributed by atoms with Gasteiger partial charge in [0.05, 0.1) is 0 Å². The SMILES string of the molecule is C=Cc1cccc(F)c1C(C)C. The first-order valence-electron chi connectivity index (χ1n) is 4.07. The molecule has 0 aromatic heterocycles. The molecule has 0 aliphatic heterocycles. The third-order valence-electron chi connectivity index (χ3n) is 1.88. The maximum absolute atomic E-state index is 13.2. The molecule has 0 heterocycles. The Morgan fingerprint density at radius 2 is 2.08 bits per heavy atom. The molecule has 1 aromatic rings. The number of rotatable bonds is 2. The van der Waals surface area contributed by atoms with Crippen molar-refractivity contribution >= 4 is 6.08 Å². The van der Waals surface area contributed by atoms with E-state index in [9.17, 15) is 4.39 Å². The molecule has 64 valence electrons. The number of hydrogen-bond donors (Lipinski definition) is 0. The molecule has 12 heavy (non-hydrogen) atoms. The summed E-state index contributed by atoms with van der Waals surface area (Å²) >= 11 is 0. The van der Waals surface area contributed by atoms with Crippen LogP contribution in [0.25, 0.3) is 6.08 Å². The zero-order valence-corrected chi connectivity index (χ0v) is 7.47. The van der Waals surface area contributed by atoms with Gasteiger partial charge in [-0.25, -0.2) is 4.39 Å². The van der Waals surface area contributed by atoms with Crippen LogP contribution in [-0.4, -0.2) is 0 Å². The average molecular weight is 164 g/mol. The highest BCUT2D eigenvalue weighted by Crippen LogP contribution is 2.23. The van der Waals surface area contributed by atoms with Crippen molar-refractivity contribution in [3.8, 4) is 0 Å². The van der Waals surface area contributed by atoms with Crippen LogP contribution in [0, 0.1) is 5.82 Å². The lowest BCUT2D eigenvalue weighted by molar-refractivity contribution is 0.597. The second-order valence-corrected chi connectivity index (χ2v) is 3.10. The maximum Gasteiger partial charge on any atom is 0.127 e. The molecule has 0 aliphatic rings. The summed E-state index contributed by atoms with van der Waals surface area (Å²) < 4.78 is 13.2. The Morgan fingerprint density at radius 1 is 1.42 bits per heavy atom. The smallest absolute Gasteiger partial charge is 0.127 e. The van der Waals surface area contributed by atoms with E-state index in [-0.39, 0.29) is 11.7 Å². The quantitative estimate of drug-likeness (QED) is 0.626. The van der Waals surface area contributed by atoms with Crippen LogP contribution in [0.3, 0.4) is 0 Å². The largest absolute Gasteiger partial charge is 0.207 e. The van der Waals surface area contributed by atoms with Crippen molar-refractivity contribution in [1.82, 2.24) is 0 Å². The fourth-order valence-corrected chi connectivity index (χ4v) is 1.34. The summed E-state index contributed by atoms with van der Waals surface area (Å²) in [6.45, 7) is 7.60. The second kappa shape index (κ2) is 3.53. The topological polar surface area (TPSA) is 0 Å².